The number of ether oxygens (including phenoxy) is 2. The molecular formula is C25H23Cl2NO5. The number of methoxy groups -OCH3 is 2. The summed E-state index contributed by atoms with van der Waals surface area (Å²) in [5.41, 5.74) is 2.72. The van der Waals surface area contributed by atoms with Gasteiger partial charge in [-0.2, -0.15) is 0 Å². The van der Waals surface area contributed by atoms with Crippen LogP contribution in [0.3, 0.4) is 0 Å². The van der Waals surface area contributed by atoms with Crippen molar-refractivity contribution in [3.63, 3.8) is 0 Å². The number of hydrogen-bond acceptors (Lipinski definition) is 4. The van der Waals surface area contributed by atoms with E-state index < -0.39 is 17.9 Å². The maximum atomic E-state index is 12.6. The van der Waals surface area contributed by atoms with E-state index >= 15 is 0 Å². The Morgan fingerprint density at radius 3 is 1.97 bits per heavy atom. The minimum Gasteiger partial charge on any atom is -0.496 e. The van der Waals surface area contributed by atoms with Crippen LogP contribution in [-0.2, 0) is 11.2 Å². The van der Waals surface area contributed by atoms with Crippen molar-refractivity contribution in [1.82, 2.24) is 5.32 Å². The maximum absolute atomic E-state index is 12.6. The van der Waals surface area contributed by atoms with Crippen LogP contribution < -0.4 is 14.8 Å². The van der Waals surface area contributed by atoms with E-state index in [1.54, 1.807) is 20.3 Å². The highest BCUT2D eigenvalue weighted by atomic mass is 35.5. The monoisotopic (exact) mass is 487 g/mol. The van der Waals surface area contributed by atoms with Crippen molar-refractivity contribution in [1.29, 1.82) is 0 Å². The molecule has 0 saturated heterocycles. The number of nitrogens with one attached hydrogen (secondary N) is 1. The molecule has 172 valence electrons. The van der Waals surface area contributed by atoms with Crippen LogP contribution in [-0.4, -0.2) is 37.2 Å². The molecule has 0 unspecified atom stereocenters. The van der Waals surface area contributed by atoms with Gasteiger partial charge in [-0.05, 0) is 48.2 Å². The van der Waals surface area contributed by atoms with E-state index in [-0.39, 0.29) is 22.0 Å². The van der Waals surface area contributed by atoms with Gasteiger partial charge in [-0.1, -0.05) is 59.6 Å². The van der Waals surface area contributed by atoms with Crippen LogP contribution in [0.5, 0.6) is 11.5 Å². The normalized spacial score (nSPS) is 11.5. The van der Waals surface area contributed by atoms with Crippen molar-refractivity contribution < 1.29 is 24.2 Å². The summed E-state index contributed by atoms with van der Waals surface area (Å²) in [6.07, 6.45) is 0.636. The molecule has 0 radical (unpaired) electrons. The molecule has 3 rings (SSSR count). The highest BCUT2D eigenvalue weighted by Crippen LogP contribution is 2.38. The quantitative estimate of drug-likeness (QED) is 0.416. The van der Waals surface area contributed by atoms with E-state index in [0.717, 1.165) is 16.7 Å². The lowest BCUT2D eigenvalue weighted by Gasteiger charge is -2.16. The second-order valence-corrected chi connectivity index (χ2v) is 8.05. The zero-order chi connectivity index (χ0) is 24.0. The first kappa shape index (κ1) is 24.4. The van der Waals surface area contributed by atoms with E-state index in [1.165, 1.54) is 12.1 Å². The lowest BCUT2D eigenvalue weighted by Crippen LogP contribution is -2.41. The summed E-state index contributed by atoms with van der Waals surface area (Å²) in [5.74, 6) is -0.388. The van der Waals surface area contributed by atoms with Crippen LogP contribution in [0.1, 0.15) is 22.3 Å². The Morgan fingerprint density at radius 1 is 0.909 bits per heavy atom. The average Bonchev–Trinajstić information content (AvgIpc) is 2.81. The molecule has 3 aromatic rings. The van der Waals surface area contributed by atoms with E-state index in [2.05, 4.69) is 5.32 Å². The topological polar surface area (TPSA) is 84.9 Å². The molecule has 3 aromatic carbocycles. The largest absolute Gasteiger partial charge is 0.496 e. The molecule has 0 aliphatic heterocycles. The van der Waals surface area contributed by atoms with E-state index in [4.69, 9.17) is 32.7 Å². The second kappa shape index (κ2) is 11.1. The molecule has 0 bridgehead atoms. The zero-order valence-electron chi connectivity index (χ0n) is 18.1. The number of aryl methyl sites for hydroxylation is 1. The highest BCUT2D eigenvalue weighted by Gasteiger charge is 2.23. The molecular weight excluding hydrogens is 465 g/mol. The molecule has 2 N–H and O–H groups in total. The van der Waals surface area contributed by atoms with Crippen LogP contribution >= 0.6 is 23.2 Å². The van der Waals surface area contributed by atoms with Gasteiger partial charge in [0.15, 0.2) is 0 Å². The van der Waals surface area contributed by atoms with Gasteiger partial charge in [0.1, 0.15) is 17.5 Å². The lowest BCUT2D eigenvalue weighted by molar-refractivity contribution is -0.139. The number of carboxylic acids is 1. The molecule has 0 aromatic heterocycles. The molecule has 0 aliphatic rings. The SMILES string of the molecule is COc1cccc(OC)c1-c1ccc(CC[C@H](NC(=O)c2c(Cl)cccc2Cl)C(=O)O)cc1. The standard InChI is InChI=1S/C25H23Cl2NO5/c1-32-20-7-4-8-21(33-2)22(20)16-12-9-15(10-13-16)11-14-19(25(30)31)28-24(29)23-17(26)5-3-6-18(23)27/h3-10,12-13,19H,11,14H2,1-2H3,(H,28,29)(H,30,31)/t19-/m0/s1. The number of hydrogen-bond donors (Lipinski definition) is 2. The van der Waals surface area contributed by atoms with Crippen molar-refractivity contribution in [2.75, 3.05) is 14.2 Å². The number of rotatable bonds is 9. The zero-order valence-corrected chi connectivity index (χ0v) is 19.6. The molecule has 0 fully saturated rings. The van der Waals surface area contributed by atoms with Gasteiger partial charge >= 0.3 is 5.97 Å². The predicted octanol–water partition coefficient (Wildman–Crippen LogP) is 5.49. The van der Waals surface area contributed by atoms with Gasteiger partial charge in [-0.3, -0.25) is 4.79 Å². The van der Waals surface area contributed by atoms with Crippen molar-refractivity contribution in [2.24, 2.45) is 0 Å². The van der Waals surface area contributed by atoms with Crippen LogP contribution in [0.15, 0.2) is 60.7 Å². The lowest BCUT2D eigenvalue weighted by atomic mass is 9.99. The Morgan fingerprint density at radius 2 is 1.45 bits per heavy atom. The Balaban J connectivity index is 1.72. The Labute approximate surface area is 202 Å². The molecule has 1 amide bonds. The number of carbonyl (C=O) groups is 2. The van der Waals surface area contributed by atoms with Crippen LogP contribution in [0.25, 0.3) is 11.1 Å². The van der Waals surface area contributed by atoms with Crippen LogP contribution in [0.4, 0.5) is 0 Å². The van der Waals surface area contributed by atoms with Gasteiger partial charge in [-0.25, -0.2) is 4.79 Å². The minimum absolute atomic E-state index is 0.0576. The Hall–Kier alpha value is -3.22. The predicted molar refractivity (Wildman–Crippen MR) is 129 cm³/mol. The van der Waals surface area contributed by atoms with Gasteiger partial charge in [0.25, 0.3) is 5.91 Å². The molecule has 6 nitrogen and oxygen atoms in total. The first-order chi connectivity index (χ1) is 15.8. The number of amides is 1. The van der Waals surface area contributed by atoms with Gasteiger partial charge < -0.3 is 19.9 Å². The Kier molecular flexibility index (Phi) is 8.20. The minimum atomic E-state index is -1.14. The van der Waals surface area contributed by atoms with Gasteiger partial charge in [0.2, 0.25) is 0 Å². The summed E-state index contributed by atoms with van der Waals surface area (Å²) < 4.78 is 10.9. The first-order valence-corrected chi connectivity index (χ1v) is 10.9. The third-order valence-corrected chi connectivity index (χ3v) is 5.82. The second-order valence-electron chi connectivity index (χ2n) is 7.23. The number of aliphatic carboxylic acids is 1. The first-order valence-electron chi connectivity index (χ1n) is 10.1. The van der Waals surface area contributed by atoms with Gasteiger partial charge in [0, 0.05) is 0 Å². The van der Waals surface area contributed by atoms with Gasteiger partial charge in [0.05, 0.1) is 35.4 Å². The molecule has 1 atom stereocenters. The summed E-state index contributed by atoms with van der Waals surface area (Å²) in [6.45, 7) is 0. The van der Waals surface area contributed by atoms with Crippen LogP contribution in [0.2, 0.25) is 10.0 Å². The molecule has 0 spiro atoms. The molecule has 0 heterocycles. The molecule has 33 heavy (non-hydrogen) atoms. The average molecular weight is 488 g/mol. The fourth-order valence-electron chi connectivity index (χ4n) is 3.49. The van der Waals surface area contributed by atoms with E-state index in [1.807, 2.05) is 42.5 Å². The Bertz CT molecular complexity index is 1110. The summed E-state index contributed by atoms with van der Waals surface area (Å²) in [6, 6.07) is 16.8. The fourth-order valence-corrected chi connectivity index (χ4v) is 4.06. The molecule has 0 saturated carbocycles. The maximum Gasteiger partial charge on any atom is 0.326 e. The number of carbonyl (C=O) groups excluding carboxylic acids is 1. The summed E-state index contributed by atoms with van der Waals surface area (Å²) in [7, 11) is 3.20. The van der Waals surface area contributed by atoms with E-state index in [9.17, 15) is 14.7 Å². The van der Waals surface area contributed by atoms with Crippen LogP contribution in [0, 0.1) is 0 Å². The third-order valence-electron chi connectivity index (χ3n) is 5.19. The highest BCUT2D eigenvalue weighted by molar-refractivity contribution is 6.39. The summed E-state index contributed by atoms with van der Waals surface area (Å²) in [5, 5.41) is 12.4. The van der Waals surface area contributed by atoms with E-state index in [0.29, 0.717) is 17.9 Å². The molecule has 0 aliphatic carbocycles. The number of benzene rings is 3. The van der Waals surface area contributed by atoms with Crippen molar-refractivity contribution >= 4 is 35.1 Å². The smallest absolute Gasteiger partial charge is 0.326 e. The third kappa shape index (κ3) is 5.78. The van der Waals surface area contributed by atoms with Crippen molar-refractivity contribution in [3.05, 3.63) is 81.8 Å². The van der Waals surface area contributed by atoms with Crippen molar-refractivity contribution in [3.8, 4) is 22.6 Å². The summed E-state index contributed by atoms with van der Waals surface area (Å²) in [4.78, 5) is 24.3. The van der Waals surface area contributed by atoms with Crippen molar-refractivity contribution in [2.45, 2.75) is 18.9 Å². The number of halogens is 2. The van der Waals surface area contributed by atoms with Gasteiger partial charge in [-0.15, -0.1) is 0 Å². The number of carboxylic acid groups (broad SMARTS) is 1. The fraction of sp³-hybridized carbons (Fsp3) is 0.200. The summed E-state index contributed by atoms with van der Waals surface area (Å²) >= 11 is 12.1. The molecule has 8 heteroatoms.